The number of carbonyl (C=O) groups excluding carboxylic acids is 1. The third kappa shape index (κ3) is 3.60. The van der Waals surface area contributed by atoms with Gasteiger partial charge in [-0.05, 0) is 36.3 Å². The monoisotopic (exact) mass is 386 g/mol. The molecule has 0 radical (unpaired) electrons. The Labute approximate surface area is 167 Å². The van der Waals surface area contributed by atoms with Gasteiger partial charge in [-0.2, -0.15) is 0 Å². The first-order valence-corrected chi connectivity index (χ1v) is 9.21. The van der Waals surface area contributed by atoms with Gasteiger partial charge in [0.2, 0.25) is 0 Å². The third-order valence-corrected chi connectivity index (χ3v) is 4.71. The van der Waals surface area contributed by atoms with Crippen molar-refractivity contribution >= 4 is 28.9 Å². The lowest BCUT2D eigenvalue weighted by atomic mass is 9.99. The molecule has 0 aromatic heterocycles. The van der Waals surface area contributed by atoms with E-state index >= 15 is 0 Å². The van der Waals surface area contributed by atoms with Gasteiger partial charge in [-0.25, -0.2) is 0 Å². The van der Waals surface area contributed by atoms with Gasteiger partial charge >= 0.3 is 0 Å². The van der Waals surface area contributed by atoms with Crippen LogP contribution in [0.25, 0.3) is 22.8 Å². The van der Waals surface area contributed by atoms with Crippen molar-refractivity contribution in [3.05, 3.63) is 88.0 Å². The Morgan fingerprint density at radius 1 is 1.03 bits per heavy atom. The molecule has 1 aliphatic rings. The second kappa shape index (κ2) is 7.59. The molecule has 1 aliphatic heterocycles. The van der Waals surface area contributed by atoms with Crippen LogP contribution >= 0.6 is 0 Å². The molecule has 0 atom stereocenters. The molecule has 6 nitrogen and oxygen atoms in total. The van der Waals surface area contributed by atoms with Crippen LogP contribution in [0, 0.1) is 10.1 Å². The Balaban J connectivity index is 1.73. The summed E-state index contributed by atoms with van der Waals surface area (Å²) >= 11 is 0. The largest absolute Gasteiger partial charge is 0.493 e. The summed E-state index contributed by atoms with van der Waals surface area (Å²) in [7, 11) is 0. The number of benzene rings is 3. The van der Waals surface area contributed by atoms with E-state index in [0.29, 0.717) is 17.9 Å². The SMILES string of the molecule is CCOc1ccccc1/C=C1/C(=O)Nc2cc(-c3cccc([N+](=O)[O-])c3)ccc21. The van der Waals surface area contributed by atoms with E-state index < -0.39 is 4.92 Å². The minimum absolute atomic E-state index is 0.0279. The summed E-state index contributed by atoms with van der Waals surface area (Å²) < 4.78 is 5.65. The van der Waals surface area contributed by atoms with Gasteiger partial charge in [0.05, 0.1) is 11.5 Å². The van der Waals surface area contributed by atoms with Crippen molar-refractivity contribution in [1.29, 1.82) is 0 Å². The maximum absolute atomic E-state index is 12.6. The lowest BCUT2D eigenvalue weighted by Gasteiger charge is -2.07. The maximum Gasteiger partial charge on any atom is 0.270 e. The molecule has 0 aliphatic carbocycles. The van der Waals surface area contributed by atoms with Crippen LogP contribution in [0.3, 0.4) is 0 Å². The number of hydrogen-bond acceptors (Lipinski definition) is 4. The number of anilines is 1. The van der Waals surface area contributed by atoms with Crippen LogP contribution in [0.1, 0.15) is 18.1 Å². The minimum Gasteiger partial charge on any atom is -0.493 e. The molecular formula is C23H18N2O4. The number of amides is 1. The van der Waals surface area contributed by atoms with Crippen LogP contribution in [0.5, 0.6) is 5.75 Å². The molecule has 0 spiro atoms. The Kier molecular flexibility index (Phi) is 4.83. The number of hydrogen-bond donors (Lipinski definition) is 1. The second-order valence-corrected chi connectivity index (χ2v) is 6.55. The van der Waals surface area contributed by atoms with E-state index in [9.17, 15) is 14.9 Å². The zero-order valence-corrected chi connectivity index (χ0v) is 15.7. The number of nitro groups is 1. The van der Waals surface area contributed by atoms with Gasteiger partial charge < -0.3 is 10.1 Å². The molecule has 0 saturated heterocycles. The zero-order valence-electron chi connectivity index (χ0n) is 15.7. The van der Waals surface area contributed by atoms with Crippen LogP contribution in [-0.2, 0) is 4.79 Å². The fraction of sp³-hybridized carbons (Fsp3) is 0.0870. The first kappa shape index (κ1) is 18.4. The van der Waals surface area contributed by atoms with Crippen LogP contribution in [0.4, 0.5) is 11.4 Å². The molecule has 0 bridgehead atoms. The lowest BCUT2D eigenvalue weighted by molar-refractivity contribution is -0.384. The van der Waals surface area contributed by atoms with E-state index in [1.165, 1.54) is 12.1 Å². The fourth-order valence-electron chi connectivity index (χ4n) is 3.36. The summed E-state index contributed by atoms with van der Waals surface area (Å²) in [5, 5.41) is 13.9. The van der Waals surface area contributed by atoms with E-state index in [-0.39, 0.29) is 11.6 Å². The maximum atomic E-state index is 12.6. The highest BCUT2D eigenvalue weighted by Gasteiger charge is 2.25. The van der Waals surface area contributed by atoms with Crippen LogP contribution in [-0.4, -0.2) is 17.4 Å². The summed E-state index contributed by atoms with van der Waals surface area (Å²) in [5.74, 6) is 0.527. The summed E-state index contributed by atoms with van der Waals surface area (Å²) in [5.41, 5.74) is 4.39. The molecule has 1 amide bonds. The molecule has 3 aromatic rings. The van der Waals surface area contributed by atoms with Crippen molar-refractivity contribution in [2.45, 2.75) is 6.92 Å². The number of para-hydroxylation sites is 1. The molecule has 144 valence electrons. The van der Waals surface area contributed by atoms with Crippen molar-refractivity contribution in [3.63, 3.8) is 0 Å². The molecule has 4 rings (SSSR count). The van der Waals surface area contributed by atoms with E-state index in [0.717, 1.165) is 28.0 Å². The van der Waals surface area contributed by atoms with Gasteiger partial charge in [-0.1, -0.05) is 42.5 Å². The Bertz CT molecular complexity index is 1150. The van der Waals surface area contributed by atoms with Crippen LogP contribution in [0.15, 0.2) is 66.7 Å². The predicted molar refractivity (Wildman–Crippen MR) is 113 cm³/mol. The number of non-ortho nitro benzene ring substituents is 1. The molecule has 0 fully saturated rings. The Morgan fingerprint density at radius 3 is 2.62 bits per heavy atom. The molecule has 6 heteroatoms. The second-order valence-electron chi connectivity index (χ2n) is 6.55. The van der Waals surface area contributed by atoms with Crippen molar-refractivity contribution in [1.82, 2.24) is 0 Å². The first-order valence-electron chi connectivity index (χ1n) is 9.21. The average molecular weight is 386 g/mol. The minimum atomic E-state index is -0.421. The number of nitrogens with zero attached hydrogens (tertiary/aromatic N) is 1. The van der Waals surface area contributed by atoms with E-state index in [2.05, 4.69) is 5.32 Å². The van der Waals surface area contributed by atoms with E-state index in [1.807, 2.05) is 55.5 Å². The molecule has 29 heavy (non-hydrogen) atoms. The highest BCUT2D eigenvalue weighted by molar-refractivity contribution is 6.35. The standard InChI is InChI=1S/C23H18N2O4/c1-2-29-22-9-4-3-6-17(22)13-20-19-11-10-16(14-21(19)24-23(20)26)15-7-5-8-18(12-15)25(27)28/h3-14H,2H2,1H3,(H,24,26)/b20-13+. The van der Waals surface area contributed by atoms with Crippen LogP contribution in [0.2, 0.25) is 0 Å². The molecule has 1 heterocycles. The normalized spacial score (nSPS) is 13.8. The number of ether oxygens (including phenoxy) is 1. The van der Waals surface area contributed by atoms with Gasteiger partial charge in [0.25, 0.3) is 11.6 Å². The van der Waals surface area contributed by atoms with Gasteiger partial charge in [0.15, 0.2) is 0 Å². The third-order valence-electron chi connectivity index (χ3n) is 4.71. The topological polar surface area (TPSA) is 81.5 Å². The van der Waals surface area contributed by atoms with Crippen molar-refractivity contribution in [2.24, 2.45) is 0 Å². The number of fused-ring (bicyclic) bond motifs is 1. The zero-order chi connectivity index (χ0) is 20.4. The smallest absolute Gasteiger partial charge is 0.270 e. The van der Waals surface area contributed by atoms with Gasteiger partial charge in [-0.3, -0.25) is 14.9 Å². The van der Waals surface area contributed by atoms with E-state index in [1.54, 1.807) is 12.1 Å². The van der Waals surface area contributed by atoms with Crippen molar-refractivity contribution < 1.29 is 14.5 Å². The van der Waals surface area contributed by atoms with Crippen LogP contribution < -0.4 is 10.1 Å². The van der Waals surface area contributed by atoms with Gasteiger partial charge in [0, 0.05) is 34.5 Å². The number of nitrogens with one attached hydrogen (secondary N) is 1. The predicted octanol–water partition coefficient (Wildman–Crippen LogP) is 5.15. The van der Waals surface area contributed by atoms with Gasteiger partial charge in [0.1, 0.15) is 5.75 Å². The summed E-state index contributed by atoms with van der Waals surface area (Å²) in [6.45, 7) is 2.45. The average Bonchev–Trinajstić information content (AvgIpc) is 3.04. The number of nitro benzene ring substituents is 1. The quantitative estimate of drug-likeness (QED) is 0.373. The van der Waals surface area contributed by atoms with Crippen molar-refractivity contribution in [3.8, 4) is 16.9 Å². The Morgan fingerprint density at radius 2 is 1.83 bits per heavy atom. The molecular weight excluding hydrogens is 368 g/mol. The molecule has 3 aromatic carbocycles. The summed E-state index contributed by atoms with van der Waals surface area (Å²) in [6.07, 6.45) is 1.82. The number of carbonyl (C=O) groups is 1. The molecule has 1 N–H and O–H groups in total. The lowest BCUT2D eigenvalue weighted by Crippen LogP contribution is -2.03. The summed E-state index contributed by atoms with van der Waals surface area (Å²) in [4.78, 5) is 23.2. The highest BCUT2D eigenvalue weighted by atomic mass is 16.6. The molecule has 0 saturated carbocycles. The highest BCUT2D eigenvalue weighted by Crippen LogP contribution is 2.37. The fourth-order valence-corrected chi connectivity index (χ4v) is 3.36. The van der Waals surface area contributed by atoms with Crippen molar-refractivity contribution in [2.75, 3.05) is 11.9 Å². The summed E-state index contributed by atoms with van der Waals surface area (Å²) in [6, 6.07) is 19.5. The first-order chi connectivity index (χ1) is 14.1. The number of rotatable bonds is 5. The van der Waals surface area contributed by atoms with Gasteiger partial charge in [-0.15, -0.1) is 0 Å². The van der Waals surface area contributed by atoms with E-state index in [4.69, 9.17) is 4.74 Å². The Hall–Kier alpha value is -3.93. The molecule has 0 unspecified atom stereocenters.